The van der Waals surface area contributed by atoms with Gasteiger partial charge in [0.15, 0.2) is 0 Å². The summed E-state index contributed by atoms with van der Waals surface area (Å²) in [4.78, 5) is 2.41. The van der Waals surface area contributed by atoms with Gasteiger partial charge in [-0.15, -0.1) is 0 Å². The standard InChI is InChI=1S/C30H26BNO/c1-3-11-21(12-4-1)23-15-10-20-28-29(23)24-16-9-19-27-30(24)31(33-28)25-17-7-8-18-26(25)32(27)22-13-5-2-6-14-22/h2,5-10,13-21H,1,3-4,11-12H2. The minimum Gasteiger partial charge on any atom is -0.551 e. The van der Waals surface area contributed by atoms with Crippen molar-refractivity contribution < 1.29 is 4.65 Å². The Morgan fingerprint density at radius 3 is 2.33 bits per heavy atom. The summed E-state index contributed by atoms with van der Waals surface area (Å²) in [6.45, 7) is -0.0820. The molecule has 1 fully saturated rings. The number of hydrogen-bond acceptors (Lipinski definition) is 2. The van der Waals surface area contributed by atoms with Gasteiger partial charge in [0.05, 0.1) is 0 Å². The quantitative estimate of drug-likeness (QED) is 0.331. The molecule has 0 radical (unpaired) electrons. The van der Waals surface area contributed by atoms with Crippen LogP contribution in [0, 0.1) is 0 Å². The maximum absolute atomic E-state index is 6.86. The van der Waals surface area contributed by atoms with E-state index < -0.39 is 0 Å². The van der Waals surface area contributed by atoms with Crippen molar-refractivity contribution >= 4 is 34.9 Å². The molecule has 0 aromatic heterocycles. The first-order valence-electron chi connectivity index (χ1n) is 12.3. The minimum atomic E-state index is -0.0820. The lowest BCUT2D eigenvalue weighted by atomic mass is 9.49. The van der Waals surface area contributed by atoms with Gasteiger partial charge in [-0.3, -0.25) is 0 Å². The molecule has 2 heterocycles. The summed E-state index contributed by atoms with van der Waals surface area (Å²) in [5, 5.41) is 0. The Labute approximate surface area is 196 Å². The predicted molar refractivity (Wildman–Crippen MR) is 138 cm³/mol. The highest BCUT2D eigenvalue weighted by Crippen LogP contribution is 2.47. The Balaban J connectivity index is 1.49. The fraction of sp³-hybridized carbons (Fsp3) is 0.200. The number of para-hydroxylation sites is 2. The molecule has 0 unspecified atom stereocenters. The lowest BCUT2D eigenvalue weighted by Crippen LogP contribution is -2.56. The van der Waals surface area contributed by atoms with E-state index in [1.54, 1.807) is 0 Å². The molecule has 0 amide bonds. The van der Waals surface area contributed by atoms with E-state index >= 15 is 0 Å². The maximum atomic E-state index is 6.86. The lowest BCUT2D eigenvalue weighted by molar-refractivity contribution is 0.443. The normalized spacial score (nSPS) is 16.5. The largest absolute Gasteiger partial charge is 0.551 e. The summed E-state index contributed by atoms with van der Waals surface area (Å²) in [6, 6.07) is 32.9. The molecule has 0 saturated heterocycles. The summed E-state index contributed by atoms with van der Waals surface area (Å²) >= 11 is 0. The van der Waals surface area contributed by atoms with Gasteiger partial charge in [0.25, 0.3) is 0 Å². The van der Waals surface area contributed by atoms with Crippen LogP contribution in [-0.2, 0) is 0 Å². The first-order chi connectivity index (χ1) is 16.4. The van der Waals surface area contributed by atoms with Crippen LogP contribution in [0.15, 0.2) is 91.0 Å². The van der Waals surface area contributed by atoms with Crippen LogP contribution >= 0.6 is 0 Å². The van der Waals surface area contributed by atoms with Crippen molar-refractivity contribution in [1.29, 1.82) is 0 Å². The molecule has 2 nitrogen and oxygen atoms in total. The van der Waals surface area contributed by atoms with Crippen LogP contribution in [0.2, 0.25) is 0 Å². The highest BCUT2D eigenvalue weighted by molar-refractivity contribution is 6.85. The van der Waals surface area contributed by atoms with E-state index in [-0.39, 0.29) is 6.92 Å². The predicted octanol–water partition coefficient (Wildman–Crippen LogP) is 6.68. The van der Waals surface area contributed by atoms with Gasteiger partial charge in [0.2, 0.25) is 0 Å². The third kappa shape index (κ3) is 2.88. The van der Waals surface area contributed by atoms with E-state index in [0.717, 1.165) is 5.75 Å². The summed E-state index contributed by atoms with van der Waals surface area (Å²) in [6.07, 6.45) is 6.61. The second-order valence-corrected chi connectivity index (χ2v) is 9.52. The highest BCUT2D eigenvalue weighted by Gasteiger charge is 2.42. The van der Waals surface area contributed by atoms with Gasteiger partial charge < -0.3 is 9.55 Å². The molecule has 0 N–H and O–H groups in total. The summed E-state index contributed by atoms with van der Waals surface area (Å²) in [5.41, 5.74) is 10.3. The van der Waals surface area contributed by atoms with Crippen LogP contribution in [0.3, 0.4) is 0 Å². The Kier molecular flexibility index (Phi) is 4.36. The second kappa shape index (κ2) is 7.55. The Morgan fingerprint density at radius 2 is 1.45 bits per heavy atom. The lowest BCUT2D eigenvalue weighted by Gasteiger charge is -2.40. The number of benzene rings is 4. The average Bonchev–Trinajstić information content (AvgIpc) is 2.89. The average molecular weight is 427 g/mol. The molecule has 33 heavy (non-hydrogen) atoms. The van der Waals surface area contributed by atoms with Gasteiger partial charge in [-0.2, -0.15) is 0 Å². The van der Waals surface area contributed by atoms with Gasteiger partial charge >= 0.3 is 6.92 Å². The summed E-state index contributed by atoms with van der Waals surface area (Å²) in [7, 11) is 0. The van der Waals surface area contributed by atoms with Crippen molar-refractivity contribution in [2.75, 3.05) is 4.90 Å². The molecule has 1 saturated carbocycles. The molecular formula is C30H26BNO. The van der Waals surface area contributed by atoms with Crippen LogP contribution in [0.1, 0.15) is 43.6 Å². The third-order valence-corrected chi connectivity index (χ3v) is 7.68. The van der Waals surface area contributed by atoms with Crippen molar-refractivity contribution in [2.45, 2.75) is 38.0 Å². The monoisotopic (exact) mass is 427 g/mol. The van der Waals surface area contributed by atoms with Crippen molar-refractivity contribution in [1.82, 2.24) is 0 Å². The molecule has 0 bridgehead atoms. The summed E-state index contributed by atoms with van der Waals surface area (Å²) in [5.74, 6) is 1.67. The molecule has 2 aliphatic heterocycles. The summed E-state index contributed by atoms with van der Waals surface area (Å²) < 4.78 is 6.86. The van der Waals surface area contributed by atoms with Crippen LogP contribution in [0.4, 0.5) is 17.1 Å². The maximum Gasteiger partial charge on any atom is 0.431 e. The number of nitrogens with zero attached hydrogens (tertiary/aromatic N) is 1. The van der Waals surface area contributed by atoms with Gasteiger partial charge in [0.1, 0.15) is 5.75 Å². The van der Waals surface area contributed by atoms with E-state index in [9.17, 15) is 0 Å². The van der Waals surface area contributed by atoms with E-state index in [1.807, 2.05) is 0 Å². The number of rotatable bonds is 2. The molecule has 0 atom stereocenters. The zero-order chi connectivity index (χ0) is 21.8. The molecule has 3 aliphatic rings. The second-order valence-electron chi connectivity index (χ2n) is 9.52. The van der Waals surface area contributed by atoms with Crippen LogP contribution in [0.5, 0.6) is 5.75 Å². The minimum absolute atomic E-state index is 0.0820. The number of hydrogen-bond donors (Lipinski definition) is 0. The van der Waals surface area contributed by atoms with Gasteiger partial charge in [-0.05, 0) is 65.7 Å². The van der Waals surface area contributed by atoms with Crippen molar-refractivity contribution in [3.63, 3.8) is 0 Å². The first kappa shape index (κ1) is 19.1. The van der Waals surface area contributed by atoms with E-state index in [1.165, 1.54) is 76.8 Å². The zero-order valence-electron chi connectivity index (χ0n) is 18.7. The fourth-order valence-corrected chi connectivity index (χ4v) is 6.23. The molecule has 7 rings (SSSR count). The van der Waals surface area contributed by atoms with Crippen LogP contribution in [0.25, 0.3) is 11.1 Å². The molecular weight excluding hydrogens is 401 g/mol. The van der Waals surface area contributed by atoms with Gasteiger partial charge in [-0.25, -0.2) is 0 Å². The fourth-order valence-electron chi connectivity index (χ4n) is 6.23. The van der Waals surface area contributed by atoms with Crippen molar-refractivity contribution in [3.8, 4) is 16.9 Å². The van der Waals surface area contributed by atoms with Gasteiger partial charge in [-0.1, -0.05) is 79.9 Å². The molecule has 4 aromatic carbocycles. The molecule has 1 aliphatic carbocycles. The molecule has 160 valence electrons. The van der Waals surface area contributed by atoms with E-state index in [4.69, 9.17) is 4.65 Å². The third-order valence-electron chi connectivity index (χ3n) is 7.68. The van der Waals surface area contributed by atoms with E-state index in [0.29, 0.717) is 5.92 Å². The van der Waals surface area contributed by atoms with Crippen LogP contribution in [-0.4, -0.2) is 6.92 Å². The smallest absolute Gasteiger partial charge is 0.431 e. The Morgan fingerprint density at radius 1 is 0.697 bits per heavy atom. The molecule has 3 heteroatoms. The van der Waals surface area contributed by atoms with Crippen LogP contribution < -0.4 is 20.5 Å². The highest BCUT2D eigenvalue weighted by atomic mass is 16.4. The van der Waals surface area contributed by atoms with E-state index in [2.05, 4.69) is 95.9 Å². The van der Waals surface area contributed by atoms with Crippen molar-refractivity contribution in [2.24, 2.45) is 0 Å². The SMILES string of the molecule is c1ccc(N2c3ccccc3B3Oc4cccc(C5CCCCC5)c4-c4cccc2c43)cc1. The van der Waals surface area contributed by atoms with Crippen molar-refractivity contribution in [3.05, 3.63) is 96.6 Å². The molecule has 0 spiro atoms. The Bertz CT molecular complexity index is 1340. The Hall–Kier alpha value is -3.46. The first-order valence-corrected chi connectivity index (χ1v) is 12.3. The number of fused-ring (bicyclic) bond motifs is 4. The number of anilines is 3. The van der Waals surface area contributed by atoms with Gasteiger partial charge in [0, 0.05) is 28.1 Å². The molecule has 4 aromatic rings. The zero-order valence-corrected chi connectivity index (χ0v) is 18.7. The topological polar surface area (TPSA) is 12.5 Å².